The standard InChI is InChI=1S/C23H17BrF2O3S/c24-21-13-19(9-10-22(21)29-14-23(27)28)30-12-11-20(15-1-5-17(25)6-2-15)16-3-7-18(26)8-4-16/h1-11,13H,12,14H2,(H,27,28). The number of carbonyl (C=O) groups is 1. The molecule has 3 aromatic carbocycles. The number of benzene rings is 3. The molecule has 0 aliphatic heterocycles. The fourth-order valence-electron chi connectivity index (χ4n) is 2.71. The Morgan fingerprint density at radius 2 is 1.53 bits per heavy atom. The van der Waals surface area contributed by atoms with Gasteiger partial charge in [-0.15, -0.1) is 11.8 Å². The van der Waals surface area contributed by atoms with E-state index in [4.69, 9.17) is 9.84 Å². The minimum absolute atomic E-state index is 0.318. The van der Waals surface area contributed by atoms with Gasteiger partial charge in [-0.3, -0.25) is 0 Å². The van der Waals surface area contributed by atoms with Gasteiger partial charge >= 0.3 is 5.97 Å². The molecule has 0 fully saturated rings. The van der Waals surface area contributed by atoms with Gasteiger partial charge in [0.05, 0.1) is 4.47 Å². The van der Waals surface area contributed by atoms with Crippen molar-refractivity contribution >= 4 is 39.2 Å². The Hall–Kier alpha value is -2.64. The second-order valence-electron chi connectivity index (χ2n) is 6.22. The van der Waals surface area contributed by atoms with Crippen molar-refractivity contribution in [2.75, 3.05) is 12.4 Å². The Labute approximate surface area is 185 Å². The van der Waals surface area contributed by atoms with Crippen LogP contribution in [0.15, 0.2) is 82.2 Å². The molecule has 0 aliphatic rings. The van der Waals surface area contributed by atoms with E-state index >= 15 is 0 Å². The summed E-state index contributed by atoms with van der Waals surface area (Å²) in [5.41, 5.74) is 2.55. The number of hydrogen-bond acceptors (Lipinski definition) is 3. The molecule has 3 aromatic rings. The number of rotatable bonds is 8. The molecule has 7 heteroatoms. The zero-order valence-electron chi connectivity index (χ0n) is 15.6. The van der Waals surface area contributed by atoms with E-state index in [1.165, 1.54) is 24.3 Å². The molecule has 0 aromatic heterocycles. The first-order valence-corrected chi connectivity index (χ1v) is 10.7. The molecule has 0 saturated carbocycles. The van der Waals surface area contributed by atoms with Crippen molar-refractivity contribution < 1.29 is 23.4 Å². The van der Waals surface area contributed by atoms with Crippen LogP contribution in [-0.2, 0) is 4.79 Å². The molecule has 0 bridgehead atoms. The average molecular weight is 491 g/mol. The molecule has 0 saturated heterocycles. The van der Waals surface area contributed by atoms with Gasteiger partial charge in [-0.1, -0.05) is 30.3 Å². The highest BCUT2D eigenvalue weighted by molar-refractivity contribution is 9.10. The first kappa shape index (κ1) is 22.1. The Bertz CT molecular complexity index is 1000. The Balaban J connectivity index is 1.77. The third-order valence-corrected chi connectivity index (χ3v) is 5.64. The molecular weight excluding hydrogens is 474 g/mol. The summed E-state index contributed by atoms with van der Waals surface area (Å²) in [4.78, 5) is 11.6. The number of carboxylic acids is 1. The Morgan fingerprint density at radius 3 is 2.03 bits per heavy atom. The highest BCUT2D eigenvalue weighted by Crippen LogP contribution is 2.31. The largest absolute Gasteiger partial charge is 0.481 e. The molecule has 3 nitrogen and oxygen atoms in total. The van der Waals surface area contributed by atoms with Gasteiger partial charge in [0.2, 0.25) is 0 Å². The minimum atomic E-state index is -1.04. The molecule has 0 radical (unpaired) electrons. The Kier molecular flexibility index (Phi) is 7.65. The number of carboxylic acid groups (broad SMARTS) is 1. The fraction of sp³-hybridized carbons (Fsp3) is 0.0870. The van der Waals surface area contributed by atoms with E-state index in [0.717, 1.165) is 21.6 Å². The number of hydrogen-bond donors (Lipinski definition) is 1. The number of ether oxygens (including phenoxy) is 1. The van der Waals surface area contributed by atoms with Crippen molar-refractivity contribution in [3.8, 4) is 5.75 Å². The summed E-state index contributed by atoms with van der Waals surface area (Å²) in [6, 6.07) is 17.8. The quantitative estimate of drug-likeness (QED) is 0.370. The molecular formula is C23H17BrF2O3S. The topological polar surface area (TPSA) is 46.5 Å². The lowest BCUT2D eigenvalue weighted by atomic mass is 9.98. The SMILES string of the molecule is O=C(O)COc1ccc(SCC=C(c2ccc(F)cc2)c2ccc(F)cc2)cc1Br. The van der Waals surface area contributed by atoms with Gasteiger partial charge in [0.15, 0.2) is 6.61 Å². The maximum Gasteiger partial charge on any atom is 0.341 e. The maximum absolute atomic E-state index is 13.3. The fourth-order valence-corrected chi connectivity index (χ4v) is 4.16. The van der Waals surface area contributed by atoms with Gasteiger partial charge in [0.1, 0.15) is 17.4 Å². The predicted octanol–water partition coefficient (Wildman–Crippen LogP) is 6.41. The third-order valence-electron chi connectivity index (χ3n) is 4.10. The smallest absolute Gasteiger partial charge is 0.341 e. The van der Waals surface area contributed by atoms with Crippen LogP contribution >= 0.6 is 27.7 Å². The monoisotopic (exact) mass is 490 g/mol. The summed E-state index contributed by atoms with van der Waals surface area (Å²) in [7, 11) is 0. The van der Waals surface area contributed by atoms with Crippen LogP contribution in [0.1, 0.15) is 11.1 Å². The zero-order chi connectivity index (χ0) is 21.5. The second kappa shape index (κ2) is 10.4. The van der Waals surface area contributed by atoms with E-state index in [0.29, 0.717) is 16.0 Å². The summed E-state index contributed by atoms with van der Waals surface area (Å²) in [6.07, 6.45) is 2.01. The van der Waals surface area contributed by atoms with Crippen molar-refractivity contribution in [1.29, 1.82) is 0 Å². The summed E-state index contributed by atoms with van der Waals surface area (Å²) < 4.78 is 32.5. The van der Waals surface area contributed by atoms with E-state index in [-0.39, 0.29) is 11.6 Å². The third kappa shape index (κ3) is 6.18. The number of aliphatic carboxylic acids is 1. The van der Waals surface area contributed by atoms with E-state index < -0.39 is 12.6 Å². The van der Waals surface area contributed by atoms with E-state index in [2.05, 4.69) is 15.9 Å². The van der Waals surface area contributed by atoms with Gasteiger partial charge < -0.3 is 9.84 Å². The van der Waals surface area contributed by atoms with Gasteiger partial charge in [0.25, 0.3) is 0 Å². The van der Waals surface area contributed by atoms with Crippen LogP contribution in [0.4, 0.5) is 8.78 Å². The lowest BCUT2D eigenvalue weighted by molar-refractivity contribution is -0.139. The summed E-state index contributed by atoms with van der Waals surface area (Å²) in [5.74, 6) is -0.607. The highest BCUT2D eigenvalue weighted by atomic mass is 79.9. The second-order valence-corrected chi connectivity index (χ2v) is 8.16. The van der Waals surface area contributed by atoms with Crippen LogP contribution in [-0.4, -0.2) is 23.4 Å². The van der Waals surface area contributed by atoms with Crippen LogP contribution in [0.3, 0.4) is 0 Å². The summed E-state index contributed by atoms with van der Waals surface area (Å²) in [5, 5.41) is 8.71. The molecule has 154 valence electrons. The van der Waals surface area contributed by atoms with Crippen LogP contribution in [0.25, 0.3) is 5.57 Å². The number of halogens is 3. The predicted molar refractivity (Wildman–Crippen MR) is 118 cm³/mol. The minimum Gasteiger partial charge on any atom is -0.481 e. The first-order valence-electron chi connectivity index (χ1n) is 8.91. The molecule has 3 rings (SSSR count). The van der Waals surface area contributed by atoms with Gasteiger partial charge in [-0.05, 0) is 75.1 Å². The molecule has 30 heavy (non-hydrogen) atoms. The maximum atomic E-state index is 13.3. The zero-order valence-corrected chi connectivity index (χ0v) is 18.1. The van der Waals surface area contributed by atoms with Crippen LogP contribution in [0, 0.1) is 11.6 Å². The van der Waals surface area contributed by atoms with Gasteiger partial charge in [-0.2, -0.15) is 0 Å². The number of thioether (sulfide) groups is 1. The van der Waals surface area contributed by atoms with E-state index in [1.807, 2.05) is 18.2 Å². The Morgan fingerprint density at radius 1 is 0.967 bits per heavy atom. The average Bonchev–Trinajstić information content (AvgIpc) is 2.72. The molecule has 0 spiro atoms. The highest BCUT2D eigenvalue weighted by Gasteiger charge is 2.08. The van der Waals surface area contributed by atoms with E-state index in [9.17, 15) is 13.6 Å². The van der Waals surface area contributed by atoms with Crippen LogP contribution in [0.2, 0.25) is 0 Å². The van der Waals surface area contributed by atoms with Crippen molar-refractivity contribution in [2.45, 2.75) is 4.90 Å². The molecule has 0 aliphatic carbocycles. The van der Waals surface area contributed by atoms with Crippen molar-refractivity contribution in [1.82, 2.24) is 0 Å². The van der Waals surface area contributed by atoms with Crippen molar-refractivity contribution in [2.24, 2.45) is 0 Å². The molecule has 0 atom stereocenters. The van der Waals surface area contributed by atoms with Crippen LogP contribution < -0.4 is 4.74 Å². The summed E-state index contributed by atoms with van der Waals surface area (Å²) >= 11 is 4.95. The van der Waals surface area contributed by atoms with Crippen molar-refractivity contribution in [3.63, 3.8) is 0 Å². The van der Waals surface area contributed by atoms with Gasteiger partial charge in [0, 0.05) is 10.6 Å². The molecule has 0 amide bonds. The van der Waals surface area contributed by atoms with Gasteiger partial charge in [-0.25, -0.2) is 13.6 Å². The molecule has 1 N–H and O–H groups in total. The van der Waals surface area contributed by atoms with E-state index in [1.54, 1.807) is 42.1 Å². The van der Waals surface area contributed by atoms with Crippen molar-refractivity contribution in [3.05, 3.63) is 100 Å². The normalized spacial score (nSPS) is 10.5. The molecule has 0 unspecified atom stereocenters. The first-order chi connectivity index (χ1) is 14.4. The molecule has 0 heterocycles. The lowest BCUT2D eigenvalue weighted by Crippen LogP contribution is -2.09. The van der Waals surface area contributed by atoms with Crippen LogP contribution in [0.5, 0.6) is 5.75 Å². The lowest BCUT2D eigenvalue weighted by Gasteiger charge is -2.10. The summed E-state index contributed by atoms with van der Waals surface area (Å²) in [6.45, 7) is -0.410.